The lowest BCUT2D eigenvalue weighted by molar-refractivity contribution is 0.0944. The van der Waals surface area contributed by atoms with E-state index in [1.54, 1.807) is 24.5 Å². The van der Waals surface area contributed by atoms with E-state index in [0.29, 0.717) is 22.3 Å². The molecule has 3 heterocycles. The monoisotopic (exact) mass is 252 g/mol. The third-order valence-corrected chi connectivity index (χ3v) is 3.01. The highest BCUT2D eigenvalue weighted by molar-refractivity contribution is 6.01. The molecule has 0 unspecified atom stereocenters. The van der Waals surface area contributed by atoms with E-state index < -0.39 is 0 Å². The van der Waals surface area contributed by atoms with Crippen molar-refractivity contribution in [1.82, 2.24) is 20.0 Å². The molecule has 6 nitrogen and oxygen atoms in total. The molecule has 0 bridgehead atoms. The summed E-state index contributed by atoms with van der Waals surface area (Å²) in [4.78, 5) is 15.4. The zero-order valence-electron chi connectivity index (χ0n) is 9.70. The molecule has 19 heavy (non-hydrogen) atoms. The molecule has 0 amide bonds. The SMILES string of the molecule is O=C(c1cc2occc2[nH]1)n1nnc2ccccc21. The van der Waals surface area contributed by atoms with E-state index >= 15 is 0 Å². The summed E-state index contributed by atoms with van der Waals surface area (Å²) in [6.45, 7) is 0. The van der Waals surface area contributed by atoms with Crippen molar-refractivity contribution in [2.24, 2.45) is 0 Å². The number of hydrogen-bond acceptors (Lipinski definition) is 4. The summed E-state index contributed by atoms with van der Waals surface area (Å²) >= 11 is 0. The summed E-state index contributed by atoms with van der Waals surface area (Å²) in [7, 11) is 0. The predicted octanol–water partition coefficient (Wildman–Crippen LogP) is 2.19. The van der Waals surface area contributed by atoms with E-state index in [-0.39, 0.29) is 5.91 Å². The van der Waals surface area contributed by atoms with E-state index in [1.165, 1.54) is 4.68 Å². The predicted molar refractivity (Wildman–Crippen MR) is 67.8 cm³/mol. The molecule has 1 N–H and O–H groups in total. The summed E-state index contributed by atoms with van der Waals surface area (Å²) in [6.07, 6.45) is 1.57. The maximum atomic E-state index is 12.4. The normalized spacial score (nSPS) is 11.4. The van der Waals surface area contributed by atoms with Crippen molar-refractivity contribution in [3.05, 3.63) is 48.4 Å². The van der Waals surface area contributed by atoms with E-state index in [2.05, 4.69) is 15.3 Å². The number of furan rings is 1. The number of carbonyl (C=O) groups is 1. The smallest absolute Gasteiger partial charge is 0.296 e. The number of benzene rings is 1. The Morgan fingerprint density at radius 3 is 3.05 bits per heavy atom. The van der Waals surface area contributed by atoms with Gasteiger partial charge in [0, 0.05) is 12.1 Å². The van der Waals surface area contributed by atoms with Crippen LogP contribution in [0.3, 0.4) is 0 Å². The minimum atomic E-state index is -0.264. The molecule has 0 atom stereocenters. The lowest BCUT2D eigenvalue weighted by Gasteiger charge is -1.97. The summed E-state index contributed by atoms with van der Waals surface area (Å²) in [6, 6.07) is 10.7. The van der Waals surface area contributed by atoms with Gasteiger partial charge in [-0.2, -0.15) is 4.68 Å². The molecule has 0 spiro atoms. The van der Waals surface area contributed by atoms with Gasteiger partial charge >= 0.3 is 0 Å². The number of nitrogens with one attached hydrogen (secondary N) is 1. The standard InChI is InChI=1S/C13H8N4O2/c18-13(10-7-12-9(14-10)5-6-19-12)17-11-4-2-1-3-8(11)15-16-17/h1-7,14H. The second kappa shape index (κ2) is 3.55. The second-order valence-electron chi connectivity index (χ2n) is 4.18. The van der Waals surface area contributed by atoms with Crippen LogP contribution in [0.2, 0.25) is 0 Å². The largest absolute Gasteiger partial charge is 0.463 e. The van der Waals surface area contributed by atoms with Crippen molar-refractivity contribution in [3.63, 3.8) is 0 Å². The van der Waals surface area contributed by atoms with Gasteiger partial charge in [0.15, 0.2) is 5.58 Å². The number of carbonyl (C=O) groups excluding carboxylic acids is 1. The highest BCUT2D eigenvalue weighted by Gasteiger charge is 2.16. The lowest BCUT2D eigenvalue weighted by Crippen LogP contribution is -2.13. The summed E-state index contributed by atoms with van der Waals surface area (Å²) < 4.78 is 6.50. The number of fused-ring (bicyclic) bond motifs is 2. The first kappa shape index (κ1) is 10.1. The number of hydrogen-bond donors (Lipinski definition) is 1. The van der Waals surface area contributed by atoms with Crippen LogP contribution in [-0.2, 0) is 0 Å². The number of aromatic amines is 1. The zero-order chi connectivity index (χ0) is 12.8. The van der Waals surface area contributed by atoms with Gasteiger partial charge in [-0.3, -0.25) is 4.79 Å². The molecule has 4 rings (SSSR count). The zero-order valence-corrected chi connectivity index (χ0v) is 9.70. The highest BCUT2D eigenvalue weighted by Crippen LogP contribution is 2.18. The maximum absolute atomic E-state index is 12.4. The molecule has 0 aliphatic heterocycles. The summed E-state index contributed by atoms with van der Waals surface area (Å²) in [5.41, 5.74) is 3.22. The molecule has 1 aromatic carbocycles. The van der Waals surface area contributed by atoms with Crippen molar-refractivity contribution >= 4 is 28.0 Å². The van der Waals surface area contributed by atoms with E-state index in [9.17, 15) is 4.79 Å². The molecule has 4 aromatic rings. The van der Waals surface area contributed by atoms with Crippen LogP contribution in [0, 0.1) is 0 Å². The lowest BCUT2D eigenvalue weighted by atomic mass is 10.3. The number of H-pyrrole nitrogens is 1. The Kier molecular flexibility index (Phi) is 1.88. The number of aromatic nitrogens is 4. The number of rotatable bonds is 1. The summed E-state index contributed by atoms with van der Waals surface area (Å²) in [5.74, 6) is -0.264. The van der Waals surface area contributed by atoms with Crippen molar-refractivity contribution in [3.8, 4) is 0 Å². The van der Waals surface area contributed by atoms with Gasteiger partial charge in [-0.1, -0.05) is 17.3 Å². The average Bonchev–Trinajstić information content (AvgIpc) is 3.11. The van der Waals surface area contributed by atoms with Crippen LogP contribution in [0.1, 0.15) is 10.5 Å². The fourth-order valence-electron chi connectivity index (χ4n) is 2.10. The number of nitrogens with zero attached hydrogens (tertiary/aromatic N) is 3. The van der Waals surface area contributed by atoms with Crippen LogP contribution in [0.5, 0.6) is 0 Å². The Bertz CT molecular complexity index is 871. The van der Waals surface area contributed by atoms with Gasteiger partial charge in [-0.25, -0.2) is 0 Å². The van der Waals surface area contributed by atoms with E-state index in [4.69, 9.17) is 4.42 Å². The van der Waals surface area contributed by atoms with Crippen molar-refractivity contribution < 1.29 is 9.21 Å². The minimum absolute atomic E-state index is 0.264. The Hall–Kier alpha value is -2.89. The summed E-state index contributed by atoms with van der Waals surface area (Å²) in [5, 5.41) is 7.85. The topological polar surface area (TPSA) is 76.7 Å². The van der Waals surface area contributed by atoms with Crippen LogP contribution < -0.4 is 0 Å². The fraction of sp³-hybridized carbons (Fsp3) is 0. The fourth-order valence-corrected chi connectivity index (χ4v) is 2.10. The quantitative estimate of drug-likeness (QED) is 0.563. The van der Waals surface area contributed by atoms with Gasteiger partial charge in [0.05, 0.1) is 17.3 Å². The van der Waals surface area contributed by atoms with Crippen LogP contribution in [-0.4, -0.2) is 25.9 Å². The van der Waals surface area contributed by atoms with E-state index in [0.717, 1.165) is 5.52 Å². The third kappa shape index (κ3) is 1.40. The molecule has 92 valence electrons. The molecule has 0 aliphatic carbocycles. The molecule has 0 aliphatic rings. The Labute approximate surface area is 106 Å². The van der Waals surface area contributed by atoms with Gasteiger partial charge in [0.25, 0.3) is 5.91 Å². The van der Waals surface area contributed by atoms with Crippen LogP contribution >= 0.6 is 0 Å². The van der Waals surface area contributed by atoms with Gasteiger partial charge in [0.2, 0.25) is 0 Å². The highest BCUT2D eigenvalue weighted by atomic mass is 16.3. The molecule has 6 heteroatoms. The molecular formula is C13H8N4O2. The molecule has 3 aromatic heterocycles. The molecule has 0 saturated carbocycles. The van der Waals surface area contributed by atoms with Crippen molar-refractivity contribution in [2.75, 3.05) is 0 Å². The van der Waals surface area contributed by atoms with Gasteiger partial charge in [0.1, 0.15) is 11.2 Å². The first-order chi connectivity index (χ1) is 9.33. The Morgan fingerprint density at radius 2 is 2.16 bits per heavy atom. The first-order valence-corrected chi connectivity index (χ1v) is 5.74. The molecule has 0 radical (unpaired) electrons. The second-order valence-corrected chi connectivity index (χ2v) is 4.18. The van der Waals surface area contributed by atoms with E-state index in [1.807, 2.05) is 18.2 Å². The van der Waals surface area contributed by atoms with Crippen LogP contribution in [0.4, 0.5) is 0 Å². The van der Waals surface area contributed by atoms with Crippen LogP contribution in [0.25, 0.3) is 22.1 Å². The van der Waals surface area contributed by atoms with Gasteiger partial charge in [-0.15, -0.1) is 5.10 Å². The average molecular weight is 252 g/mol. The minimum Gasteiger partial charge on any atom is -0.463 e. The van der Waals surface area contributed by atoms with Gasteiger partial charge < -0.3 is 9.40 Å². The molecule has 0 fully saturated rings. The third-order valence-electron chi connectivity index (χ3n) is 3.01. The Morgan fingerprint density at radius 1 is 1.26 bits per heavy atom. The molecule has 0 saturated heterocycles. The maximum Gasteiger partial charge on any atom is 0.296 e. The van der Waals surface area contributed by atoms with Crippen LogP contribution in [0.15, 0.2) is 47.1 Å². The van der Waals surface area contributed by atoms with Crippen molar-refractivity contribution in [1.29, 1.82) is 0 Å². The Balaban J connectivity index is 1.87. The van der Waals surface area contributed by atoms with Gasteiger partial charge in [-0.05, 0) is 12.1 Å². The molecular weight excluding hydrogens is 244 g/mol. The first-order valence-electron chi connectivity index (χ1n) is 5.74. The van der Waals surface area contributed by atoms with Crippen molar-refractivity contribution in [2.45, 2.75) is 0 Å². The number of para-hydroxylation sites is 1.